The summed E-state index contributed by atoms with van der Waals surface area (Å²) in [7, 11) is 0. The van der Waals surface area contributed by atoms with Crippen molar-refractivity contribution in [3.8, 4) is 0 Å². The smallest absolute Gasteiger partial charge is 0.0941 e. The number of fused-ring (bicyclic) bond motifs is 1. The minimum Gasteiger partial charge on any atom is -0.330 e. The van der Waals surface area contributed by atoms with Crippen LogP contribution in [0.5, 0.6) is 0 Å². The van der Waals surface area contributed by atoms with E-state index < -0.39 is 0 Å². The summed E-state index contributed by atoms with van der Waals surface area (Å²) in [6.07, 6.45) is 2.21. The molecule has 2 nitrogen and oxygen atoms in total. The molecule has 1 atom stereocenters. The molecule has 0 saturated heterocycles. The summed E-state index contributed by atoms with van der Waals surface area (Å²) in [6.45, 7) is 5.26. The molecule has 0 fully saturated rings. The monoisotopic (exact) mass is 248 g/mol. The van der Waals surface area contributed by atoms with E-state index in [4.69, 9.17) is 5.73 Å². The van der Waals surface area contributed by atoms with E-state index in [1.165, 1.54) is 16.1 Å². The Hall–Kier alpha value is -0.930. The fourth-order valence-electron chi connectivity index (χ4n) is 2.18. The van der Waals surface area contributed by atoms with Crippen molar-refractivity contribution in [1.29, 1.82) is 0 Å². The van der Waals surface area contributed by atoms with Crippen molar-refractivity contribution in [2.24, 2.45) is 17.6 Å². The summed E-state index contributed by atoms with van der Waals surface area (Å²) in [5.74, 6) is 1.27. The number of para-hydroxylation sites is 1. The van der Waals surface area contributed by atoms with Gasteiger partial charge in [0.15, 0.2) is 0 Å². The van der Waals surface area contributed by atoms with Gasteiger partial charge in [0, 0.05) is 6.42 Å². The summed E-state index contributed by atoms with van der Waals surface area (Å²) >= 11 is 1.80. The second kappa shape index (κ2) is 5.61. The van der Waals surface area contributed by atoms with Crippen LogP contribution < -0.4 is 5.73 Å². The van der Waals surface area contributed by atoms with Crippen LogP contribution in [0.1, 0.15) is 25.3 Å². The summed E-state index contributed by atoms with van der Waals surface area (Å²) in [5, 5.41) is 1.22. The van der Waals surface area contributed by atoms with Crippen LogP contribution >= 0.6 is 11.3 Å². The van der Waals surface area contributed by atoms with Gasteiger partial charge >= 0.3 is 0 Å². The first-order chi connectivity index (χ1) is 8.19. The highest BCUT2D eigenvalue weighted by atomic mass is 32.1. The van der Waals surface area contributed by atoms with Crippen molar-refractivity contribution < 1.29 is 0 Å². The standard InChI is InChI=1S/C14H20N2S/c1-10(2)7-11(9-15)8-14-16-12-5-3-4-6-13(12)17-14/h3-6,10-11H,7-9,15H2,1-2H3. The van der Waals surface area contributed by atoms with Gasteiger partial charge < -0.3 is 5.73 Å². The van der Waals surface area contributed by atoms with E-state index in [1.807, 2.05) is 6.07 Å². The van der Waals surface area contributed by atoms with Crippen molar-refractivity contribution in [2.75, 3.05) is 6.54 Å². The third-order valence-electron chi connectivity index (χ3n) is 2.94. The maximum atomic E-state index is 5.84. The number of hydrogen-bond acceptors (Lipinski definition) is 3. The van der Waals surface area contributed by atoms with Crippen LogP contribution in [0.25, 0.3) is 10.2 Å². The van der Waals surface area contributed by atoms with E-state index in [1.54, 1.807) is 11.3 Å². The van der Waals surface area contributed by atoms with Crippen LogP contribution in [-0.4, -0.2) is 11.5 Å². The number of thiazole rings is 1. The molecule has 17 heavy (non-hydrogen) atoms. The van der Waals surface area contributed by atoms with Crippen LogP contribution in [0.2, 0.25) is 0 Å². The average Bonchev–Trinajstić information content (AvgIpc) is 2.69. The Balaban J connectivity index is 2.11. The molecular weight excluding hydrogens is 228 g/mol. The molecular formula is C14H20N2S. The van der Waals surface area contributed by atoms with Gasteiger partial charge in [-0.3, -0.25) is 0 Å². The third kappa shape index (κ3) is 3.27. The lowest BCUT2D eigenvalue weighted by Crippen LogP contribution is -2.18. The Morgan fingerprint density at radius 2 is 2.06 bits per heavy atom. The van der Waals surface area contributed by atoms with Gasteiger partial charge in [-0.1, -0.05) is 26.0 Å². The molecule has 0 bridgehead atoms. The molecule has 0 aliphatic carbocycles. The third-order valence-corrected chi connectivity index (χ3v) is 4.00. The van der Waals surface area contributed by atoms with Gasteiger partial charge in [0.05, 0.1) is 15.2 Å². The van der Waals surface area contributed by atoms with E-state index in [-0.39, 0.29) is 0 Å². The average molecular weight is 248 g/mol. The van der Waals surface area contributed by atoms with Crippen molar-refractivity contribution in [3.63, 3.8) is 0 Å². The molecule has 1 aromatic heterocycles. The molecule has 0 radical (unpaired) electrons. The topological polar surface area (TPSA) is 38.9 Å². The first-order valence-corrected chi connectivity index (χ1v) is 7.05. The Kier molecular flexibility index (Phi) is 4.13. The predicted octanol–water partition coefficient (Wildman–Crippen LogP) is 3.46. The van der Waals surface area contributed by atoms with Gasteiger partial charge in [0.25, 0.3) is 0 Å². The number of aromatic nitrogens is 1. The molecule has 0 aliphatic heterocycles. The van der Waals surface area contributed by atoms with E-state index in [0.717, 1.165) is 18.5 Å². The summed E-state index contributed by atoms with van der Waals surface area (Å²) in [6, 6.07) is 8.32. The molecule has 2 N–H and O–H groups in total. The van der Waals surface area contributed by atoms with Crippen LogP contribution in [0.15, 0.2) is 24.3 Å². The Morgan fingerprint density at radius 3 is 2.71 bits per heavy atom. The second-order valence-corrected chi connectivity index (χ2v) is 6.13. The predicted molar refractivity (Wildman–Crippen MR) is 75.3 cm³/mol. The van der Waals surface area contributed by atoms with Gasteiger partial charge in [-0.15, -0.1) is 11.3 Å². The molecule has 0 saturated carbocycles. The van der Waals surface area contributed by atoms with Gasteiger partial charge in [-0.2, -0.15) is 0 Å². The number of rotatable bonds is 5. The molecule has 3 heteroatoms. The zero-order valence-corrected chi connectivity index (χ0v) is 11.3. The zero-order chi connectivity index (χ0) is 12.3. The summed E-state index contributed by atoms with van der Waals surface area (Å²) in [4.78, 5) is 4.67. The lowest BCUT2D eigenvalue weighted by molar-refractivity contribution is 0.415. The molecule has 2 aromatic rings. The highest BCUT2D eigenvalue weighted by molar-refractivity contribution is 7.18. The highest BCUT2D eigenvalue weighted by Crippen LogP contribution is 2.25. The Morgan fingerprint density at radius 1 is 1.29 bits per heavy atom. The van der Waals surface area contributed by atoms with Crippen molar-refractivity contribution in [1.82, 2.24) is 4.98 Å². The molecule has 2 rings (SSSR count). The van der Waals surface area contributed by atoms with Gasteiger partial charge in [0.2, 0.25) is 0 Å². The Labute approximate surface area is 107 Å². The second-order valence-electron chi connectivity index (χ2n) is 5.01. The molecule has 1 aromatic carbocycles. The van der Waals surface area contributed by atoms with Gasteiger partial charge in [-0.25, -0.2) is 4.98 Å². The SMILES string of the molecule is CC(C)CC(CN)Cc1nc2ccccc2s1. The minimum atomic E-state index is 0.565. The largest absolute Gasteiger partial charge is 0.330 e. The van der Waals surface area contributed by atoms with Crippen molar-refractivity contribution in [2.45, 2.75) is 26.7 Å². The van der Waals surface area contributed by atoms with Crippen molar-refractivity contribution in [3.05, 3.63) is 29.3 Å². The quantitative estimate of drug-likeness (QED) is 0.880. The minimum absolute atomic E-state index is 0.565. The Bertz CT molecular complexity index is 443. The van der Waals surface area contributed by atoms with Gasteiger partial charge in [-0.05, 0) is 36.9 Å². The summed E-state index contributed by atoms with van der Waals surface area (Å²) < 4.78 is 1.28. The fraction of sp³-hybridized carbons (Fsp3) is 0.500. The van der Waals surface area contributed by atoms with Crippen LogP contribution in [0, 0.1) is 11.8 Å². The van der Waals surface area contributed by atoms with Crippen LogP contribution in [0.3, 0.4) is 0 Å². The van der Waals surface area contributed by atoms with Crippen LogP contribution in [0.4, 0.5) is 0 Å². The zero-order valence-electron chi connectivity index (χ0n) is 10.5. The number of nitrogens with zero attached hydrogens (tertiary/aromatic N) is 1. The van der Waals surface area contributed by atoms with Crippen molar-refractivity contribution >= 4 is 21.6 Å². The normalized spacial score (nSPS) is 13.4. The van der Waals surface area contributed by atoms with Crippen LogP contribution in [-0.2, 0) is 6.42 Å². The number of nitrogens with two attached hydrogens (primary N) is 1. The first kappa shape index (κ1) is 12.5. The molecule has 92 valence electrons. The maximum Gasteiger partial charge on any atom is 0.0941 e. The molecule has 1 unspecified atom stereocenters. The number of hydrogen-bond donors (Lipinski definition) is 1. The van der Waals surface area contributed by atoms with E-state index in [9.17, 15) is 0 Å². The molecule has 0 spiro atoms. The summed E-state index contributed by atoms with van der Waals surface area (Å²) in [5.41, 5.74) is 6.96. The van der Waals surface area contributed by atoms with E-state index in [0.29, 0.717) is 11.8 Å². The lowest BCUT2D eigenvalue weighted by Gasteiger charge is -2.15. The highest BCUT2D eigenvalue weighted by Gasteiger charge is 2.12. The molecule has 1 heterocycles. The first-order valence-electron chi connectivity index (χ1n) is 6.23. The maximum absolute atomic E-state index is 5.84. The van der Waals surface area contributed by atoms with E-state index >= 15 is 0 Å². The van der Waals surface area contributed by atoms with Gasteiger partial charge in [0.1, 0.15) is 0 Å². The fourth-order valence-corrected chi connectivity index (χ4v) is 3.27. The lowest BCUT2D eigenvalue weighted by atomic mass is 9.94. The van der Waals surface area contributed by atoms with E-state index in [2.05, 4.69) is 37.0 Å². The molecule has 0 aliphatic rings. The molecule has 0 amide bonds. The number of benzene rings is 1.